The Labute approximate surface area is 467 Å². The number of anilines is 3. The van der Waals surface area contributed by atoms with Crippen LogP contribution in [0.3, 0.4) is 0 Å². The van der Waals surface area contributed by atoms with Crippen molar-refractivity contribution in [1.29, 1.82) is 0 Å². The Balaban J connectivity index is 0.000000173. The summed E-state index contributed by atoms with van der Waals surface area (Å²) in [5, 5.41) is 8.29. The molecule has 402 valence electrons. The van der Waals surface area contributed by atoms with Gasteiger partial charge in [0.25, 0.3) is 0 Å². The third kappa shape index (κ3) is 17.2. The minimum Gasteiger partial charge on any atom is -0.370 e. The van der Waals surface area contributed by atoms with Crippen LogP contribution >= 0.6 is 0 Å². The SMILES string of the molecule is CC(=O)Nc1cccc(-c2ccc(-c3ccccc3)cc2CCC(N)=O)c1.CC(=O)Nc1cccc(-c2ccc(-c3ccccc3)cc2CCC(N)=O)c1.NC(=O)CCc1cc(-c2ccccc2)ccc1-c1cccc(NC=O)c1. The first-order chi connectivity index (χ1) is 38.7. The molecule has 9 rings (SSSR count). The lowest BCUT2D eigenvalue weighted by Crippen LogP contribution is -2.11. The van der Waals surface area contributed by atoms with Crippen molar-refractivity contribution in [3.8, 4) is 66.8 Å². The summed E-state index contributed by atoms with van der Waals surface area (Å²) in [5.74, 6) is -1.19. The van der Waals surface area contributed by atoms with Crippen LogP contribution in [-0.4, -0.2) is 35.9 Å². The third-order valence-corrected chi connectivity index (χ3v) is 12.9. The van der Waals surface area contributed by atoms with E-state index in [9.17, 15) is 28.8 Å². The molecule has 0 atom stereocenters. The van der Waals surface area contributed by atoms with Crippen molar-refractivity contribution in [2.75, 3.05) is 16.0 Å². The molecule has 9 aromatic carbocycles. The average Bonchev–Trinajstić information content (AvgIpc) is 3.46. The van der Waals surface area contributed by atoms with Crippen molar-refractivity contribution in [3.63, 3.8) is 0 Å². The lowest BCUT2D eigenvalue weighted by molar-refractivity contribution is -0.118. The van der Waals surface area contributed by atoms with E-state index in [0.29, 0.717) is 25.7 Å². The number of hydrogen-bond donors (Lipinski definition) is 6. The first kappa shape index (κ1) is 57.5. The smallest absolute Gasteiger partial charge is 0.221 e. The van der Waals surface area contributed by atoms with E-state index in [1.54, 1.807) is 0 Å². The van der Waals surface area contributed by atoms with Crippen LogP contribution in [0.2, 0.25) is 0 Å². The first-order valence-electron chi connectivity index (χ1n) is 26.2. The number of benzene rings is 9. The van der Waals surface area contributed by atoms with Gasteiger partial charge in [-0.1, -0.05) is 182 Å². The normalized spacial score (nSPS) is 10.4. The monoisotopic (exact) mass is 1060 g/mol. The summed E-state index contributed by atoms with van der Waals surface area (Å²) in [5.41, 5.74) is 34.2. The first-order valence-corrected chi connectivity index (χ1v) is 26.2. The fourth-order valence-electron chi connectivity index (χ4n) is 9.23. The zero-order chi connectivity index (χ0) is 56.8. The standard InChI is InChI=1S/2C23H22N2O2.C22H20N2O2/c2*1-16(26)25-21-9-5-8-19(15-21)22-12-10-18(17-6-3-2-4-7-17)14-20(22)11-13-23(24)27;23-22(26)12-10-19-13-17(16-5-2-1-3-6-16)9-11-21(19)18-7-4-8-20(14-18)24-15-25/h2*2-10,12,14-15H,11,13H2,1H3,(H2,24,27)(H,25,26);1-9,11,13-15H,10,12H2,(H2,23,26)(H,24,25). The van der Waals surface area contributed by atoms with Crippen molar-refractivity contribution in [2.24, 2.45) is 17.2 Å². The number of amides is 6. The van der Waals surface area contributed by atoms with Gasteiger partial charge in [0.05, 0.1) is 0 Å². The van der Waals surface area contributed by atoms with Crippen molar-refractivity contribution < 1.29 is 28.8 Å². The highest BCUT2D eigenvalue weighted by Crippen LogP contribution is 2.34. The number of rotatable bonds is 19. The Morgan fingerprint density at radius 2 is 0.625 bits per heavy atom. The van der Waals surface area contributed by atoms with E-state index in [1.807, 2.05) is 127 Å². The second-order valence-corrected chi connectivity index (χ2v) is 19.0. The van der Waals surface area contributed by atoms with Crippen LogP contribution in [-0.2, 0) is 48.0 Å². The van der Waals surface area contributed by atoms with E-state index in [0.717, 1.165) is 101 Å². The fourth-order valence-corrected chi connectivity index (χ4v) is 9.23. The quantitative estimate of drug-likeness (QED) is 0.0433. The Morgan fingerprint density at radius 3 is 0.912 bits per heavy atom. The van der Waals surface area contributed by atoms with Gasteiger partial charge in [0.15, 0.2) is 0 Å². The van der Waals surface area contributed by atoms with Gasteiger partial charge in [0.2, 0.25) is 35.9 Å². The number of carbonyl (C=O) groups excluding carboxylic acids is 6. The number of carbonyl (C=O) groups is 6. The van der Waals surface area contributed by atoms with Crippen LogP contribution in [0.1, 0.15) is 49.8 Å². The molecule has 12 nitrogen and oxygen atoms in total. The van der Waals surface area contributed by atoms with Crippen molar-refractivity contribution in [2.45, 2.75) is 52.4 Å². The van der Waals surface area contributed by atoms with Gasteiger partial charge in [-0.2, -0.15) is 0 Å². The topological polar surface area (TPSA) is 217 Å². The second kappa shape index (κ2) is 28.8. The highest BCUT2D eigenvalue weighted by molar-refractivity contribution is 5.91. The molecule has 0 aliphatic heterocycles. The lowest BCUT2D eigenvalue weighted by atomic mass is 9.92. The minimum absolute atomic E-state index is 0.111. The van der Waals surface area contributed by atoms with Gasteiger partial charge in [0.1, 0.15) is 0 Å². The molecule has 0 aliphatic carbocycles. The van der Waals surface area contributed by atoms with Gasteiger partial charge in [-0.25, -0.2) is 0 Å². The molecular formula is C68H64N6O6. The van der Waals surface area contributed by atoms with Gasteiger partial charge in [0, 0.05) is 50.2 Å². The van der Waals surface area contributed by atoms with E-state index >= 15 is 0 Å². The van der Waals surface area contributed by atoms with E-state index in [1.165, 1.54) is 13.8 Å². The predicted molar refractivity (Wildman–Crippen MR) is 323 cm³/mol. The maximum Gasteiger partial charge on any atom is 0.221 e. The van der Waals surface area contributed by atoms with Crippen LogP contribution in [0.15, 0.2) is 218 Å². The number of hydrogen-bond acceptors (Lipinski definition) is 6. The molecule has 80 heavy (non-hydrogen) atoms. The fraction of sp³-hybridized carbons (Fsp3) is 0.118. The van der Waals surface area contributed by atoms with Gasteiger partial charge in [-0.05, 0) is 139 Å². The molecule has 9 N–H and O–H groups in total. The lowest BCUT2D eigenvalue weighted by Gasteiger charge is -2.13. The third-order valence-electron chi connectivity index (χ3n) is 12.9. The van der Waals surface area contributed by atoms with Crippen molar-refractivity contribution in [3.05, 3.63) is 235 Å². The minimum atomic E-state index is -0.322. The molecular weight excluding hydrogens is 997 g/mol. The Kier molecular flexibility index (Phi) is 20.7. The highest BCUT2D eigenvalue weighted by Gasteiger charge is 2.14. The molecule has 0 spiro atoms. The summed E-state index contributed by atoms with van der Waals surface area (Å²) >= 11 is 0. The molecule has 0 radical (unpaired) electrons. The van der Waals surface area contributed by atoms with Crippen LogP contribution in [0, 0.1) is 0 Å². The number of nitrogens with one attached hydrogen (secondary N) is 3. The van der Waals surface area contributed by atoms with Crippen LogP contribution in [0.25, 0.3) is 66.8 Å². The molecule has 0 heterocycles. The molecule has 0 aromatic heterocycles. The van der Waals surface area contributed by atoms with Gasteiger partial charge < -0.3 is 33.2 Å². The highest BCUT2D eigenvalue weighted by atomic mass is 16.2. The van der Waals surface area contributed by atoms with E-state index in [2.05, 4.69) is 107 Å². The number of primary amides is 3. The average molecular weight is 1060 g/mol. The number of aryl methyl sites for hydroxylation is 3. The molecule has 0 fully saturated rings. The molecule has 0 bridgehead atoms. The maximum absolute atomic E-state index is 11.3. The Morgan fingerprint density at radius 1 is 0.338 bits per heavy atom. The summed E-state index contributed by atoms with van der Waals surface area (Å²) in [6.45, 7) is 2.97. The molecule has 12 heteroatoms. The molecule has 0 saturated carbocycles. The van der Waals surface area contributed by atoms with E-state index in [4.69, 9.17) is 17.2 Å². The van der Waals surface area contributed by atoms with Crippen LogP contribution in [0.5, 0.6) is 0 Å². The summed E-state index contributed by atoms with van der Waals surface area (Å²) in [6.07, 6.45) is 3.22. The largest absolute Gasteiger partial charge is 0.370 e. The summed E-state index contributed by atoms with van der Waals surface area (Å²) in [6, 6.07) is 72.1. The zero-order valence-corrected chi connectivity index (χ0v) is 44.8. The molecule has 9 aromatic rings. The van der Waals surface area contributed by atoms with E-state index < -0.39 is 0 Å². The van der Waals surface area contributed by atoms with E-state index in [-0.39, 0.29) is 48.8 Å². The molecule has 0 unspecified atom stereocenters. The summed E-state index contributed by atoms with van der Waals surface area (Å²) in [4.78, 5) is 67.3. The summed E-state index contributed by atoms with van der Waals surface area (Å²) < 4.78 is 0. The van der Waals surface area contributed by atoms with Crippen LogP contribution < -0.4 is 33.2 Å². The zero-order valence-electron chi connectivity index (χ0n) is 44.8. The van der Waals surface area contributed by atoms with Gasteiger partial charge in [-0.15, -0.1) is 0 Å². The molecule has 6 amide bonds. The Bertz CT molecular complexity index is 3440. The van der Waals surface area contributed by atoms with Gasteiger partial charge in [-0.3, -0.25) is 28.8 Å². The summed E-state index contributed by atoms with van der Waals surface area (Å²) in [7, 11) is 0. The van der Waals surface area contributed by atoms with Gasteiger partial charge >= 0.3 is 0 Å². The number of nitrogens with two attached hydrogens (primary N) is 3. The Hall–Kier alpha value is -10.2. The molecule has 0 aliphatic rings. The molecule has 0 saturated heterocycles. The van der Waals surface area contributed by atoms with Crippen LogP contribution in [0.4, 0.5) is 17.1 Å². The van der Waals surface area contributed by atoms with Crippen molar-refractivity contribution in [1.82, 2.24) is 0 Å². The van der Waals surface area contributed by atoms with Crippen molar-refractivity contribution >= 4 is 53.0 Å². The second-order valence-electron chi connectivity index (χ2n) is 19.0. The predicted octanol–water partition coefficient (Wildman–Crippen LogP) is 12.8. The maximum atomic E-state index is 11.3.